The van der Waals surface area contributed by atoms with Gasteiger partial charge in [-0.2, -0.15) is 0 Å². The molecule has 0 aromatic rings. The molecule has 4 fully saturated rings. The molecule has 0 bridgehead atoms. The van der Waals surface area contributed by atoms with Crippen LogP contribution in [-0.4, -0.2) is 94.1 Å². The topological polar surface area (TPSA) is 120 Å². The van der Waals surface area contributed by atoms with Crippen LogP contribution in [0.5, 0.6) is 0 Å². The lowest BCUT2D eigenvalue weighted by molar-refractivity contribution is -0.205. The number of alkyl halides is 1. The number of thioether (sulfide) groups is 1. The minimum absolute atomic E-state index is 0.169. The molecule has 0 aromatic carbocycles. The van der Waals surface area contributed by atoms with Gasteiger partial charge in [0.2, 0.25) is 5.91 Å². The predicted octanol–water partition coefficient (Wildman–Crippen LogP) is -0.718. The Hall–Kier alpha value is -0.130. The maximum absolute atomic E-state index is 13.1. The van der Waals surface area contributed by atoms with Gasteiger partial charge in [-0.05, 0) is 43.8 Å². The van der Waals surface area contributed by atoms with E-state index < -0.39 is 47.3 Å². The number of hydrogen-bond donors (Lipinski definition) is 5. The monoisotopic (exact) mass is 450 g/mol. The molecule has 3 aliphatic heterocycles. The van der Waals surface area contributed by atoms with Crippen LogP contribution in [0.1, 0.15) is 19.8 Å². The zero-order valence-electron chi connectivity index (χ0n) is 16.6. The van der Waals surface area contributed by atoms with Crippen molar-refractivity contribution in [3.8, 4) is 0 Å². The Morgan fingerprint density at radius 3 is 2.59 bits per heavy atom. The number of halogens is 1. The molecule has 29 heavy (non-hydrogen) atoms. The normalized spacial score (nSPS) is 48.8. The van der Waals surface area contributed by atoms with Crippen molar-refractivity contribution in [2.24, 2.45) is 17.8 Å². The Labute approximate surface area is 180 Å². The van der Waals surface area contributed by atoms with Gasteiger partial charge >= 0.3 is 0 Å². The molecule has 10 heteroatoms. The van der Waals surface area contributed by atoms with Gasteiger partial charge in [-0.1, -0.05) is 0 Å². The molecular weight excluding hydrogens is 420 g/mol. The van der Waals surface area contributed by atoms with Crippen LogP contribution < -0.4 is 10.6 Å². The predicted molar refractivity (Wildman–Crippen MR) is 109 cm³/mol. The van der Waals surface area contributed by atoms with Gasteiger partial charge < -0.3 is 35.4 Å². The number of amides is 1. The number of rotatable bonds is 5. The van der Waals surface area contributed by atoms with E-state index in [9.17, 15) is 20.1 Å². The van der Waals surface area contributed by atoms with Gasteiger partial charge in [0.05, 0.1) is 24.1 Å². The van der Waals surface area contributed by atoms with Crippen LogP contribution in [0.25, 0.3) is 0 Å². The van der Waals surface area contributed by atoms with Crippen molar-refractivity contribution in [1.82, 2.24) is 10.6 Å². The first kappa shape index (κ1) is 22.1. The number of carbonyl (C=O) groups is 1. The number of hydrogen-bond acceptors (Lipinski definition) is 8. The summed E-state index contributed by atoms with van der Waals surface area (Å²) in [5.74, 6) is 1.45. The number of aliphatic hydroxyl groups is 3. The van der Waals surface area contributed by atoms with Gasteiger partial charge in [0.15, 0.2) is 0 Å². The lowest BCUT2D eigenvalue weighted by Crippen LogP contribution is -2.65. The van der Waals surface area contributed by atoms with Crippen LogP contribution in [0, 0.1) is 17.8 Å². The molecule has 1 amide bonds. The number of aliphatic hydroxyl groups excluding tert-OH is 3. The third kappa shape index (κ3) is 4.30. The van der Waals surface area contributed by atoms with Gasteiger partial charge in [-0.25, -0.2) is 0 Å². The highest BCUT2D eigenvalue weighted by Crippen LogP contribution is 2.48. The fourth-order valence-electron chi connectivity index (χ4n) is 4.98. The second-order valence-corrected chi connectivity index (χ2v) is 10.4. The number of ether oxygens (including phenoxy) is 2. The zero-order chi connectivity index (χ0) is 20.9. The Kier molecular flexibility index (Phi) is 6.69. The van der Waals surface area contributed by atoms with Crippen LogP contribution in [0.2, 0.25) is 0 Å². The van der Waals surface area contributed by atoms with Gasteiger partial charge in [-0.3, -0.25) is 4.79 Å². The standard InChI is InChI=1S/C19H31ClN2O6S/c1-7(20)11(17-14(24)13(23)15(25)19(28-17)29-2)22-18(26)12-16-9(5-21-12)3-8-4-10(8)6-27-16/h7-17,19,21,23-25H,3-6H2,1-2H3,(H,22,26)/t7-,8-,9+,10-,11+,12-,13?,14?,15+,16+,17+,19?/m0/s1. The Morgan fingerprint density at radius 2 is 1.90 bits per heavy atom. The summed E-state index contributed by atoms with van der Waals surface area (Å²) in [6, 6.07) is -1.22. The summed E-state index contributed by atoms with van der Waals surface area (Å²) >= 11 is 7.57. The van der Waals surface area contributed by atoms with Crippen LogP contribution in [0.3, 0.4) is 0 Å². The highest BCUT2D eigenvalue weighted by Gasteiger charge is 2.51. The molecular formula is C19H31ClN2O6S. The van der Waals surface area contributed by atoms with E-state index in [1.54, 1.807) is 13.2 Å². The van der Waals surface area contributed by atoms with Crippen molar-refractivity contribution in [3.63, 3.8) is 0 Å². The van der Waals surface area contributed by atoms with E-state index >= 15 is 0 Å². The van der Waals surface area contributed by atoms with Crippen LogP contribution in [0.4, 0.5) is 0 Å². The molecule has 3 unspecified atom stereocenters. The van der Waals surface area contributed by atoms with E-state index in [0.29, 0.717) is 18.4 Å². The summed E-state index contributed by atoms with van der Waals surface area (Å²) in [4.78, 5) is 13.1. The first-order valence-electron chi connectivity index (χ1n) is 10.3. The lowest BCUT2D eigenvalue weighted by Gasteiger charge is -2.44. The van der Waals surface area contributed by atoms with Gasteiger partial charge in [0.1, 0.15) is 35.9 Å². The molecule has 166 valence electrons. The van der Waals surface area contributed by atoms with E-state index in [0.717, 1.165) is 18.9 Å². The molecule has 4 aliphatic rings. The van der Waals surface area contributed by atoms with E-state index in [2.05, 4.69) is 10.6 Å². The van der Waals surface area contributed by atoms with Crippen molar-refractivity contribution >= 4 is 29.3 Å². The van der Waals surface area contributed by atoms with Gasteiger partial charge in [0, 0.05) is 6.54 Å². The van der Waals surface area contributed by atoms with Crippen molar-refractivity contribution in [2.75, 3.05) is 19.4 Å². The fraction of sp³-hybridized carbons (Fsp3) is 0.947. The van der Waals surface area contributed by atoms with Gasteiger partial charge in [0.25, 0.3) is 0 Å². The second kappa shape index (κ2) is 8.78. The largest absolute Gasteiger partial charge is 0.388 e. The summed E-state index contributed by atoms with van der Waals surface area (Å²) in [5, 5.41) is 36.4. The lowest BCUT2D eigenvalue weighted by atomic mass is 9.92. The summed E-state index contributed by atoms with van der Waals surface area (Å²) in [6.45, 7) is 3.15. The Balaban J connectivity index is 1.44. The Morgan fingerprint density at radius 1 is 1.17 bits per heavy atom. The van der Waals surface area contributed by atoms with E-state index in [1.165, 1.54) is 18.2 Å². The smallest absolute Gasteiger partial charge is 0.240 e. The van der Waals surface area contributed by atoms with Crippen molar-refractivity contribution in [2.45, 2.75) is 73.2 Å². The average molecular weight is 451 g/mol. The number of fused-ring (bicyclic) bond motifs is 2. The maximum Gasteiger partial charge on any atom is 0.240 e. The number of nitrogens with one attached hydrogen (secondary N) is 2. The van der Waals surface area contributed by atoms with E-state index in [1.807, 2.05) is 0 Å². The molecule has 1 aliphatic carbocycles. The summed E-state index contributed by atoms with van der Waals surface area (Å²) in [7, 11) is 0. The third-order valence-electron chi connectivity index (χ3n) is 6.85. The van der Waals surface area contributed by atoms with E-state index in [-0.39, 0.29) is 12.0 Å². The first-order chi connectivity index (χ1) is 13.8. The molecule has 3 saturated heterocycles. The molecule has 0 radical (unpaired) electrons. The van der Waals surface area contributed by atoms with Crippen LogP contribution in [-0.2, 0) is 14.3 Å². The molecule has 0 aromatic heterocycles. The average Bonchev–Trinajstić information content (AvgIpc) is 3.35. The maximum atomic E-state index is 13.1. The van der Waals surface area contributed by atoms with Crippen molar-refractivity contribution in [3.05, 3.63) is 0 Å². The van der Waals surface area contributed by atoms with Crippen LogP contribution >= 0.6 is 23.4 Å². The molecule has 1 saturated carbocycles. The zero-order valence-corrected chi connectivity index (χ0v) is 18.2. The molecule has 12 atom stereocenters. The molecule has 8 nitrogen and oxygen atoms in total. The summed E-state index contributed by atoms with van der Waals surface area (Å²) in [5.41, 5.74) is -0.723. The van der Waals surface area contributed by atoms with Crippen molar-refractivity contribution < 1.29 is 29.6 Å². The molecule has 5 N–H and O–H groups in total. The minimum Gasteiger partial charge on any atom is -0.388 e. The summed E-state index contributed by atoms with van der Waals surface area (Å²) < 4.78 is 11.9. The molecule has 3 heterocycles. The Bertz CT molecular complexity index is 613. The molecule has 4 rings (SSSR count). The van der Waals surface area contributed by atoms with Gasteiger partial charge in [-0.15, -0.1) is 23.4 Å². The minimum atomic E-state index is -1.38. The number of carbonyl (C=O) groups excluding carboxylic acids is 1. The fourth-order valence-corrected chi connectivity index (χ4v) is 5.86. The highest BCUT2D eigenvalue weighted by molar-refractivity contribution is 7.99. The van der Waals surface area contributed by atoms with Crippen molar-refractivity contribution in [1.29, 1.82) is 0 Å². The second-order valence-electron chi connectivity index (χ2n) is 8.82. The quantitative estimate of drug-likeness (QED) is 0.348. The van der Waals surface area contributed by atoms with E-state index in [4.69, 9.17) is 21.1 Å². The summed E-state index contributed by atoms with van der Waals surface area (Å²) in [6.07, 6.45) is -1.03. The third-order valence-corrected chi connectivity index (χ3v) is 7.98. The highest BCUT2D eigenvalue weighted by atomic mass is 35.5. The van der Waals surface area contributed by atoms with Crippen LogP contribution in [0.15, 0.2) is 0 Å². The molecule has 0 spiro atoms. The SMILES string of the molecule is CSC1O[C@H]([C@H](NC(=O)[C@H]2NC[C@H]3C[C@H]4C[C@H]4CO[C@H]32)[C@H](C)Cl)C(O)C(O)[C@H]1O. The first-order valence-corrected chi connectivity index (χ1v) is 12.1.